The van der Waals surface area contributed by atoms with Gasteiger partial charge in [0.15, 0.2) is 0 Å². The molecule has 1 amide bonds. The molecule has 2 aliphatic rings. The number of hydrogen-bond donors (Lipinski definition) is 1. The van der Waals surface area contributed by atoms with E-state index in [1.165, 1.54) is 12.0 Å². The minimum atomic E-state index is -0.342. The number of fused-ring (bicyclic) bond motifs is 1. The van der Waals surface area contributed by atoms with Crippen LogP contribution in [-0.2, 0) is 16.1 Å². The highest BCUT2D eigenvalue weighted by Crippen LogP contribution is 2.27. The van der Waals surface area contributed by atoms with Crippen LogP contribution >= 0.6 is 0 Å². The fourth-order valence-corrected chi connectivity index (χ4v) is 4.77. The van der Waals surface area contributed by atoms with Crippen molar-refractivity contribution in [3.8, 4) is 0 Å². The van der Waals surface area contributed by atoms with Crippen LogP contribution in [0.15, 0.2) is 23.0 Å². The molecule has 1 aromatic carbocycles. The number of aromatic amines is 1. The van der Waals surface area contributed by atoms with Gasteiger partial charge in [-0.15, -0.1) is 0 Å². The summed E-state index contributed by atoms with van der Waals surface area (Å²) in [4.78, 5) is 31.0. The summed E-state index contributed by atoms with van der Waals surface area (Å²) >= 11 is 0. The van der Waals surface area contributed by atoms with E-state index in [1.54, 1.807) is 0 Å². The lowest BCUT2D eigenvalue weighted by Crippen LogP contribution is -2.46. The van der Waals surface area contributed by atoms with Crippen molar-refractivity contribution in [2.45, 2.75) is 77.5 Å². The van der Waals surface area contributed by atoms with Crippen LogP contribution in [0.1, 0.15) is 61.6 Å². The van der Waals surface area contributed by atoms with Gasteiger partial charge in [-0.3, -0.25) is 9.59 Å². The SMILES string of the molecule is Cc1cc(C)c2[nH]c(=O)c(CN(C(=O)C3CCCO3)C3CCCCC3)cc2c1. The molecule has 150 valence electrons. The van der Waals surface area contributed by atoms with Crippen LogP contribution in [-0.4, -0.2) is 34.5 Å². The molecule has 5 nitrogen and oxygen atoms in total. The van der Waals surface area contributed by atoms with Crippen molar-refractivity contribution >= 4 is 16.8 Å². The Bertz CT molecular complexity index is 921. The first-order valence-corrected chi connectivity index (χ1v) is 10.6. The molecule has 1 aliphatic carbocycles. The van der Waals surface area contributed by atoms with Gasteiger partial charge in [-0.25, -0.2) is 0 Å². The quantitative estimate of drug-likeness (QED) is 0.870. The summed E-state index contributed by atoms with van der Waals surface area (Å²) in [6.45, 7) is 5.10. The highest BCUT2D eigenvalue weighted by atomic mass is 16.5. The van der Waals surface area contributed by atoms with Crippen molar-refractivity contribution < 1.29 is 9.53 Å². The van der Waals surface area contributed by atoms with Crippen LogP contribution in [0.5, 0.6) is 0 Å². The first-order chi connectivity index (χ1) is 13.5. The maximum absolute atomic E-state index is 13.2. The third-order valence-electron chi connectivity index (χ3n) is 6.21. The van der Waals surface area contributed by atoms with Crippen molar-refractivity contribution in [2.75, 3.05) is 6.61 Å². The first kappa shape index (κ1) is 19.2. The number of hydrogen-bond acceptors (Lipinski definition) is 3. The average Bonchev–Trinajstić information content (AvgIpc) is 3.22. The van der Waals surface area contributed by atoms with Crippen molar-refractivity contribution in [3.05, 3.63) is 45.2 Å². The van der Waals surface area contributed by atoms with Crippen molar-refractivity contribution in [1.82, 2.24) is 9.88 Å². The number of carbonyl (C=O) groups is 1. The fourth-order valence-electron chi connectivity index (χ4n) is 4.77. The molecule has 28 heavy (non-hydrogen) atoms. The predicted molar refractivity (Wildman–Crippen MR) is 110 cm³/mol. The zero-order valence-corrected chi connectivity index (χ0v) is 16.9. The van der Waals surface area contributed by atoms with Gasteiger partial charge in [-0.2, -0.15) is 0 Å². The molecule has 1 saturated heterocycles. The molecule has 0 radical (unpaired) electrons. The summed E-state index contributed by atoms with van der Waals surface area (Å²) in [5.41, 5.74) is 3.68. The van der Waals surface area contributed by atoms with Crippen LogP contribution in [0.25, 0.3) is 10.9 Å². The predicted octanol–water partition coefficient (Wildman–Crippen LogP) is 3.99. The van der Waals surface area contributed by atoms with E-state index in [1.807, 2.05) is 17.9 Å². The van der Waals surface area contributed by atoms with Crippen LogP contribution in [0.4, 0.5) is 0 Å². The largest absolute Gasteiger partial charge is 0.368 e. The Morgan fingerprint density at radius 2 is 1.89 bits per heavy atom. The third kappa shape index (κ3) is 3.86. The van der Waals surface area contributed by atoms with Gasteiger partial charge in [0, 0.05) is 18.2 Å². The number of rotatable bonds is 4. The summed E-state index contributed by atoms with van der Waals surface area (Å²) in [5.74, 6) is 0.0596. The maximum atomic E-state index is 13.2. The Kier molecular flexibility index (Phi) is 5.54. The molecule has 2 aromatic rings. The Labute approximate surface area is 166 Å². The molecule has 1 saturated carbocycles. The van der Waals surface area contributed by atoms with E-state index < -0.39 is 0 Å². The summed E-state index contributed by atoms with van der Waals surface area (Å²) in [5, 5.41) is 1.03. The number of ether oxygens (including phenoxy) is 1. The minimum absolute atomic E-state index is 0.0596. The van der Waals surface area contributed by atoms with Gasteiger partial charge in [-0.05, 0) is 62.6 Å². The molecular weight excluding hydrogens is 352 g/mol. The standard InChI is InChI=1S/C23H30N2O3/c1-15-11-16(2)21-17(12-15)13-18(22(26)24-21)14-25(19-7-4-3-5-8-19)23(27)20-9-6-10-28-20/h11-13,19-20H,3-10,14H2,1-2H3,(H,24,26). The molecule has 2 fully saturated rings. The minimum Gasteiger partial charge on any atom is -0.368 e. The molecule has 4 rings (SSSR count). The Morgan fingerprint density at radius 1 is 1.11 bits per heavy atom. The molecule has 5 heteroatoms. The summed E-state index contributed by atoms with van der Waals surface area (Å²) in [6.07, 6.45) is 6.93. The molecular formula is C23H30N2O3. The smallest absolute Gasteiger partial charge is 0.253 e. The molecule has 1 aliphatic heterocycles. The number of carbonyl (C=O) groups excluding carboxylic acids is 1. The molecule has 1 N–H and O–H groups in total. The Balaban J connectivity index is 1.68. The van der Waals surface area contributed by atoms with Gasteiger partial charge in [0.2, 0.25) is 0 Å². The number of benzene rings is 1. The second-order valence-electron chi connectivity index (χ2n) is 8.43. The second-order valence-corrected chi connectivity index (χ2v) is 8.43. The fraction of sp³-hybridized carbons (Fsp3) is 0.565. The molecule has 0 spiro atoms. The zero-order valence-electron chi connectivity index (χ0n) is 16.9. The number of amides is 1. The van der Waals surface area contributed by atoms with Gasteiger partial charge in [0.25, 0.3) is 11.5 Å². The Morgan fingerprint density at radius 3 is 2.61 bits per heavy atom. The third-order valence-corrected chi connectivity index (χ3v) is 6.21. The molecule has 1 atom stereocenters. The van der Waals surface area contributed by atoms with E-state index in [0.717, 1.165) is 55.0 Å². The number of nitrogens with zero attached hydrogens (tertiary/aromatic N) is 1. The van der Waals surface area contributed by atoms with Gasteiger partial charge in [0.1, 0.15) is 6.10 Å². The zero-order chi connectivity index (χ0) is 19.7. The van der Waals surface area contributed by atoms with Crippen LogP contribution in [0.3, 0.4) is 0 Å². The topological polar surface area (TPSA) is 62.4 Å². The van der Waals surface area contributed by atoms with E-state index in [2.05, 4.69) is 24.0 Å². The van der Waals surface area contributed by atoms with Crippen molar-refractivity contribution in [3.63, 3.8) is 0 Å². The lowest BCUT2D eigenvalue weighted by Gasteiger charge is -2.35. The van der Waals surface area contributed by atoms with Gasteiger partial charge >= 0.3 is 0 Å². The number of nitrogens with one attached hydrogen (secondary N) is 1. The number of aromatic nitrogens is 1. The van der Waals surface area contributed by atoms with Crippen molar-refractivity contribution in [2.24, 2.45) is 0 Å². The highest BCUT2D eigenvalue weighted by Gasteiger charge is 2.33. The summed E-state index contributed by atoms with van der Waals surface area (Å²) in [7, 11) is 0. The first-order valence-electron chi connectivity index (χ1n) is 10.6. The Hall–Kier alpha value is -2.14. The van der Waals surface area contributed by atoms with E-state index >= 15 is 0 Å². The van der Waals surface area contributed by atoms with Crippen LogP contribution < -0.4 is 5.56 Å². The summed E-state index contributed by atoms with van der Waals surface area (Å²) < 4.78 is 5.68. The molecule has 1 unspecified atom stereocenters. The summed E-state index contributed by atoms with van der Waals surface area (Å²) in [6, 6.07) is 6.34. The van der Waals surface area contributed by atoms with E-state index in [4.69, 9.17) is 4.74 Å². The lowest BCUT2D eigenvalue weighted by atomic mass is 9.93. The molecule has 1 aromatic heterocycles. The monoisotopic (exact) mass is 382 g/mol. The average molecular weight is 383 g/mol. The highest BCUT2D eigenvalue weighted by molar-refractivity contribution is 5.84. The molecule has 0 bridgehead atoms. The number of pyridine rings is 1. The second kappa shape index (κ2) is 8.08. The van der Waals surface area contributed by atoms with Gasteiger partial charge in [0.05, 0.1) is 12.1 Å². The number of aryl methyl sites for hydroxylation is 2. The molecule has 2 heterocycles. The normalized spacial score (nSPS) is 20.6. The van der Waals surface area contributed by atoms with Crippen LogP contribution in [0, 0.1) is 13.8 Å². The van der Waals surface area contributed by atoms with Crippen LogP contribution in [0.2, 0.25) is 0 Å². The van der Waals surface area contributed by atoms with E-state index in [9.17, 15) is 9.59 Å². The van der Waals surface area contributed by atoms with E-state index in [-0.39, 0.29) is 23.6 Å². The lowest BCUT2D eigenvalue weighted by molar-refractivity contribution is -0.144. The van der Waals surface area contributed by atoms with Gasteiger partial charge < -0.3 is 14.6 Å². The van der Waals surface area contributed by atoms with E-state index in [0.29, 0.717) is 18.7 Å². The maximum Gasteiger partial charge on any atom is 0.253 e. The van der Waals surface area contributed by atoms with Crippen molar-refractivity contribution in [1.29, 1.82) is 0 Å². The number of H-pyrrole nitrogens is 1. The van der Waals surface area contributed by atoms with Gasteiger partial charge in [-0.1, -0.05) is 30.9 Å².